The molecule has 1 saturated heterocycles. The molecule has 2 aliphatic rings. The van der Waals surface area contributed by atoms with Crippen LogP contribution in [-0.2, 0) is 4.79 Å². The summed E-state index contributed by atoms with van der Waals surface area (Å²) in [5, 5.41) is 3.05. The van der Waals surface area contributed by atoms with Gasteiger partial charge in [-0.2, -0.15) is 0 Å². The summed E-state index contributed by atoms with van der Waals surface area (Å²) in [6.45, 7) is 9.66. The van der Waals surface area contributed by atoms with Gasteiger partial charge in [0.15, 0.2) is 0 Å². The smallest absolute Gasteiger partial charge is 0.256 e. The van der Waals surface area contributed by atoms with Crippen molar-refractivity contribution in [1.29, 1.82) is 0 Å². The van der Waals surface area contributed by atoms with Crippen molar-refractivity contribution in [3.8, 4) is 0 Å². The van der Waals surface area contributed by atoms with Gasteiger partial charge in [0.1, 0.15) is 0 Å². The van der Waals surface area contributed by atoms with Crippen molar-refractivity contribution < 1.29 is 14.4 Å². The maximum Gasteiger partial charge on any atom is 0.256 e. The number of hydrogen-bond acceptors (Lipinski definition) is 4. The van der Waals surface area contributed by atoms with Crippen LogP contribution >= 0.6 is 0 Å². The molecule has 2 fully saturated rings. The number of rotatable bonds is 7. The third-order valence-electron chi connectivity index (χ3n) is 7.48. The lowest BCUT2D eigenvalue weighted by Gasteiger charge is -2.37. The summed E-state index contributed by atoms with van der Waals surface area (Å²) in [5.74, 6) is 0.111. The first kappa shape index (κ1) is 25.7. The Labute approximate surface area is 214 Å². The molecule has 0 spiro atoms. The third-order valence-corrected chi connectivity index (χ3v) is 7.48. The Kier molecular flexibility index (Phi) is 8.28. The van der Waals surface area contributed by atoms with Crippen LogP contribution in [0.25, 0.3) is 0 Å². The highest BCUT2D eigenvalue weighted by Crippen LogP contribution is 2.30. The van der Waals surface area contributed by atoms with Crippen molar-refractivity contribution in [2.24, 2.45) is 5.92 Å². The summed E-state index contributed by atoms with van der Waals surface area (Å²) in [6.07, 6.45) is 4.06. The lowest BCUT2D eigenvalue weighted by atomic mass is 10.1. The van der Waals surface area contributed by atoms with Gasteiger partial charge in [0.05, 0.1) is 5.56 Å². The number of anilines is 2. The average Bonchev–Trinajstić information content (AvgIpc) is 3.45. The second-order valence-corrected chi connectivity index (χ2v) is 9.83. The predicted octanol–water partition coefficient (Wildman–Crippen LogP) is 4.57. The van der Waals surface area contributed by atoms with E-state index in [1.54, 1.807) is 4.90 Å². The van der Waals surface area contributed by atoms with Crippen molar-refractivity contribution in [3.63, 3.8) is 0 Å². The fourth-order valence-electron chi connectivity index (χ4n) is 5.20. The first-order valence-corrected chi connectivity index (χ1v) is 13.3. The number of nitrogens with one attached hydrogen (secondary N) is 1. The number of carbonyl (C=O) groups excluding carboxylic acids is 3. The molecule has 4 rings (SSSR count). The largest absolute Gasteiger partial charge is 0.367 e. The van der Waals surface area contributed by atoms with Gasteiger partial charge in [0.2, 0.25) is 5.91 Å². The first-order valence-electron chi connectivity index (χ1n) is 13.3. The van der Waals surface area contributed by atoms with Crippen molar-refractivity contribution in [2.45, 2.75) is 46.5 Å². The minimum atomic E-state index is -0.0369. The Morgan fingerprint density at radius 1 is 0.917 bits per heavy atom. The van der Waals surface area contributed by atoms with E-state index in [2.05, 4.69) is 10.2 Å². The molecule has 2 aromatic rings. The van der Waals surface area contributed by atoms with E-state index in [-0.39, 0.29) is 23.6 Å². The van der Waals surface area contributed by atoms with E-state index in [0.717, 1.165) is 36.9 Å². The Balaban J connectivity index is 1.51. The van der Waals surface area contributed by atoms with Crippen molar-refractivity contribution in [1.82, 2.24) is 9.80 Å². The highest BCUT2D eigenvalue weighted by molar-refractivity contribution is 6.02. The maximum atomic E-state index is 13.5. The molecule has 7 heteroatoms. The van der Waals surface area contributed by atoms with Crippen LogP contribution in [0.2, 0.25) is 0 Å². The Morgan fingerprint density at radius 2 is 1.56 bits per heavy atom. The first-order chi connectivity index (χ1) is 17.4. The molecule has 0 radical (unpaired) electrons. The summed E-state index contributed by atoms with van der Waals surface area (Å²) in [4.78, 5) is 45.0. The van der Waals surface area contributed by atoms with Gasteiger partial charge in [-0.1, -0.05) is 30.5 Å². The second-order valence-electron chi connectivity index (χ2n) is 9.83. The molecule has 3 amide bonds. The predicted molar refractivity (Wildman–Crippen MR) is 144 cm³/mol. The van der Waals surface area contributed by atoms with Gasteiger partial charge >= 0.3 is 0 Å². The molecule has 1 aliphatic carbocycles. The molecule has 2 aromatic carbocycles. The van der Waals surface area contributed by atoms with E-state index in [0.29, 0.717) is 56.1 Å². The topological polar surface area (TPSA) is 73.0 Å². The summed E-state index contributed by atoms with van der Waals surface area (Å²) >= 11 is 0. The highest BCUT2D eigenvalue weighted by Gasteiger charge is 2.27. The van der Waals surface area contributed by atoms with Crippen molar-refractivity contribution >= 4 is 29.1 Å². The molecular formula is C29H38N4O3. The molecule has 7 nitrogen and oxygen atoms in total. The maximum absolute atomic E-state index is 13.5. The van der Waals surface area contributed by atoms with Gasteiger partial charge in [-0.05, 0) is 63.9 Å². The van der Waals surface area contributed by atoms with Crippen LogP contribution in [0.4, 0.5) is 11.4 Å². The third kappa shape index (κ3) is 5.72. The molecule has 1 aliphatic heterocycles. The van der Waals surface area contributed by atoms with Gasteiger partial charge < -0.3 is 20.0 Å². The van der Waals surface area contributed by atoms with Crippen molar-refractivity contribution in [2.75, 3.05) is 49.5 Å². The summed E-state index contributed by atoms with van der Waals surface area (Å²) < 4.78 is 0. The molecule has 0 aromatic heterocycles. The molecule has 192 valence electrons. The SMILES string of the molecule is CCN(CC)C(=O)c1cc(NC(=O)C2CCCC2)ccc1N1CCN(C(=O)c2ccc(C)cc2)CC1. The molecular weight excluding hydrogens is 452 g/mol. The van der Waals surface area contributed by atoms with Gasteiger partial charge in [0.25, 0.3) is 11.8 Å². The fraction of sp³-hybridized carbons (Fsp3) is 0.483. The van der Waals surface area contributed by atoms with Gasteiger partial charge in [0, 0.05) is 62.1 Å². The summed E-state index contributed by atoms with van der Waals surface area (Å²) in [6, 6.07) is 13.3. The summed E-state index contributed by atoms with van der Waals surface area (Å²) in [5.41, 5.74) is 3.95. The second kappa shape index (κ2) is 11.6. The fourth-order valence-corrected chi connectivity index (χ4v) is 5.20. The zero-order valence-electron chi connectivity index (χ0n) is 21.8. The Bertz CT molecular complexity index is 1080. The van der Waals surface area contributed by atoms with Crippen LogP contribution in [0.3, 0.4) is 0 Å². The van der Waals surface area contributed by atoms with Crippen LogP contribution in [0.1, 0.15) is 65.8 Å². The minimum absolute atomic E-state index is 0.0369. The van der Waals surface area contributed by atoms with Crippen LogP contribution < -0.4 is 10.2 Å². The van der Waals surface area contributed by atoms with Gasteiger partial charge in [-0.15, -0.1) is 0 Å². The van der Waals surface area contributed by atoms with Crippen LogP contribution in [-0.4, -0.2) is 66.8 Å². The monoisotopic (exact) mass is 490 g/mol. The van der Waals surface area contributed by atoms with E-state index < -0.39 is 0 Å². The van der Waals surface area contributed by atoms with Crippen LogP contribution in [0.15, 0.2) is 42.5 Å². The zero-order valence-corrected chi connectivity index (χ0v) is 21.8. The quantitative estimate of drug-likeness (QED) is 0.617. The average molecular weight is 491 g/mol. The molecule has 1 N–H and O–H groups in total. The lowest BCUT2D eigenvalue weighted by molar-refractivity contribution is -0.119. The molecule has 0 unspecified atom stereocenters. The number of amides is 3. The van der Waals surface area contributed by atoms with E-state index in [1.807, 2.05) is 68.1 Å². The number of aryl methyl sites for hydroxylation is 1. The van der Waals surface area contributed by atoms with Gasteiger partial charge in [-0.25, -0.2) is 0 Å². The molecule has 1 heterocycles. The van der Waals surface area contributed by atoms with E-state index in [9.17, 15) is 14.4 Å². The zero-order chi connectivity index (χ0) is 25.7. The molecule has 36 heavy (non-hydrogen) atoms. The minimum Gasteiger partial charge on any atom is -0.367 e. The van der Waals surface area contributed by atoms with Gasteiger partial charge in [-0.3, -0.25) is 14.4 Å². The standard InChI is InChI=1S/C29H38N4O3/c1-4-31(5-2)29(36)25-20-24(30-27(34)22-8-6-7-9-22)14-15-26(25)32-16-18-33(19-17-32)28(35)23-12-10-21(3)11-13-23/h10-15,20,22H,4-9,16-19H2,1-3H3,(H,30,34). The highest BCUT2D eigenvalue weighted by atomic mass is 16.2. The molecule has 1 saturated carbocycles. The normalized spacial score (nSPS) is 16.2. The van der Waals surface area contributed by atoms with E-state index in [4.69, 9.17) is 0 Å². The number of carbonyl (C=O) groups is 3. The van der Waals surface area contributed by atoms with E-state index >= 15 is 0 Å². The van der Waals surface area contributed by atoms with Crippen molar-refractivity contribution in [3.05, 3.63) is 59.2 Å². The number of hydrogen-bond donors (Lipinski definition) is 1. The van der Waals surface area contributed by atoms with Crippen LogP contribution in [0, 0.1) is 12.8 Å². The molecule has 0 bridgehead atoms. The summed E-state index contributed by atoms with van der Waals surface area (Å²) in [7, 11) is 0. The Morgan fingerprint density at radius 3 is 2.17 bits per heavy atom. The number of piperazine rings is 1. The number of benzene rings is 2. The molecule has 0 atom stereocenters. The number of nitrogens with zero attached hydrogens (tertiary/aromatic N) is 3. The lowest BCUT2D eigenvalue weighted by Crippen LogP contribution is -2.49. The van der Waals surface area contributed by atoms with Crippen LogP contribution in [0.5, 0.6) is 0 Å². The van der Waals surface area contributed by atoms with E-state index in [1.165, 1.54) is 0 Å². The Hall–Kier alpha value is -3.35.